The Labute approximate surface area is 114 Å². The minimum absolute atomic E-state index is 0.0783. The molecule has 0 aliphatic carbocycles. The minimum Gasteiger partial charge on any atom is -0.446 e. The van der Waals surface area contributed by atoms with Crippen molar-refractivity contribution in [1.82, 2.24) is 0 Å². The first kappa shape index (κ1) is 13.4. The Morgan fingerprint density at radius 3 is 2.58 bits per heavy atom. The van der Waals surface area contributed by atoms with E-state index in [0.717, 1.165) is 24.3 Å². The van der Waals surface area contributed by atoms with Crippen molar-refractivity contribution in [2.45, 2.75) is 0 Å². The van der Waals surface area contributed by atoms with Crippen LogP contribution in [-0.4, -0.2) is 4.92 Å². The zero-order valence-electron chi connectivity index (χ0n) is 9.27. The molecule has 0 radical (unpaired) electrons. The minimum atomic E-state index is -0.870. The SMILES string of the molecule is O=[N+]([O-])c1cccc(F)c1Oc1ccc(F)cc1Br. The molecular weight excluding hydrogens is 324 g/mol. The van der Waals surface area contributed by atoms with Gasteiger partial charge in [0.2, 0.25) is 5.75 Å². The third kappa shape index (κ3) is 2.87. The molecule has 0 saturated heterocycles. The average molecular weight is 330 g/mol. The smallest absolute Gasteiger partial charge is 0.314 e. The summed E-state index contributed by atoms with van der Waals surface area (Å²) in [5, 5.41) is 10.8. The van der Waals surface area contributed by atoms with Gasteiger partial charge in [0.05, 0.1) is 9.40 Å². The molecule has 0 unspecified atom stereocenters. The van der Waals surface area contributed by atoms with Gasteiger partial charge in [-0.25, -0.2) is 8.78 Å². The summed E-state index contributed by atoms with van der Waals surface area (Å²) >= 11 is 3.03. The van der Waals surface area contributed by atoms with Gasteiger partial charge in [-0.3, -0.25) is 10.1 Å². The fraction of sp³-hybridized carbons (Fsp3) is 0. The number of rotatable bonds is 3. The van der Waals surface area contributed by atoms with E-state index in [1.165, 1.54) is 12.1 Å². The summed E-state index contributed by atoms with van der Waals surface area (Å²) < 4.78 is 31.9. The maximum atomic E-state index is 13.6. The Morgan fingerprint density at radius 2 is 1.95 bits per heavy atom. The van der Waals surface area contributed by atoms with Crippen molar-refractivity contribution >= 4 is 21.6 Å². The van der Waals surface area contributed by atoms with Crippen molar-refractivity contribution in [3.8, 4) is 11.5 Å². The molecule has 0 aliphatic heterocycles. The largest absolute Gasteiger partial charge is 0.446 e. The van der Waals surface area contributed by atoms with Crippen LogP contribution in [0.2, 0.25) is 0 Å². The number of ether oxygens (including phenoxy) is 1. The van der Waals surface area contributed by atoms with Crippen molar-refractivity contribution in [3.63, 3.8) is 0 Å². The van der Waals surface area contributed by atoms with Crippen LogP contribution in [0.1, 0.15) is 0 Å². The molecule has 2 aromatic rings. The number of nitro benzene ring substituents is 1. The van der Waals surface area contributed by atoms with Crippen molar-refractivity contribution in [2.75, 3.05) is 0 Å². The van der Waals surface area contributed by atoms with Gasteiger partial charge in [-0.2, -0.15) is 0 Å². The van der Waals surface area contributed by atoms with E-state index in [9.17, 15) is 18.9 Å². The highest BCUT2D eigenvalue weighted by Crippen LogP contribution is 2.36. The number of nitro groups is 1. The van der Waals surface area contributed by atoms with E-state index in [4.69, 9.17) is 4.74 Å². The molecule has 0 bridgehead atoms. The van der Waals surface area contributed by atoms with Gasteiger partial charge in [0.1, 0.15) is 11.6 Å². The highest BCUT2D eigenvalue weighted by atomic mass is 79.9. The van der Waals surface area contributed by atoms with Crippen molar-refractivity contribution < 1.29 is 18.4 Å². The zero-order valence-corrected chi connectivity index (χ0v) is 10.9. The van der Waals surface area contributed by atoms with Crippen LogP contribution < -0.4 is 4.74 Å². The Hall–Kier alpha value is -2.02. The van der Waals surface area contributed by atoms with Crippen LogP contribution in [0, 0.1) is 21.7 Å². The highest BCUT2D eigenvalue weighted by molar-refractivity contribution is 9.10. The number of benzene rings is 2. The molecule has 98 valence electrons. The molecule has 7 heteroatoms. The van der Waals surface area contributed by atoms with Crippen LogP contribution in [0.4, 0.5) is 14.5 Å². The van der Waals surface area contributed by atoms with Crippen molar-refractivity contribution in [1.29, 1.82) is 0 Å². The second kappa shape index (κ2) is 5.31. The summed E-state index contributed by atoms with van der Waals surface area (Å²) in [6.45, 7) is 0. The molecule has 2 rings (SSSR count). The number of nitrogens with zero attached hydrogens (tertiary/aromatic N) is 1. The van der Waals surface area contributed by atoms with Crippen LogP contribution in [0.15, 0.2) is 40.9 Å². The quantitative estimate of drug-likeness (QED) is 0.618. The van der Waals surface area contributed by atoms with Gasteiger partial charge in [-0.1, -0.05) is 6.07 Å². The molecule has 0 fully saturated rings. The Bertz CT molecular complexity index is 649. The summed E-state index contributed by atoms with van der Waals surface area (Å²) in [6.07, 6.45) is 0. The lowest BCUT2D eigenvalue weighted by Crippen LogP contribution is -1.96. The van der Waals surface area contributed by atoms with Gasteiger partial charge in [-0.05, 0) is 40.2 Å². The fourth-order valence-corrected chi connectivity index (χ4v) is 1.84. The molecule has 0 spiro atoms. The molecular formula is C12H6BrF2NO3. The molecule has 0 atom stereocenters. The lowest BCUT2D eigenvalue weighted by atomic mass is 10.3. The predicted molar refractivity (Wildman–Crippen MR) is 67.2 cm³/mol. The number of hydrogen-bond donors (Lipinski definition) is 0. The molecule has 19 heavy (non-hydrogen) atoms. The molecule has 0 aliphatic rings. The van der Waals surface area contributed by atoms with Crippen LogP contribution >= 0.6 is 15.9 Å². The van der Waals surface area contributed by atoms with Gasteiger partial charge in [0.15, 0.2) is 5.82 Å². The number of hydrogen-bond acceptors (Lipinski definition) is 3. The van der Waals surface area contributed by atoms with E-state index in [2.05, 4.69) is 15.9 Å². The Kier molecular flexibility index (Phi) is 3.75. The summed E-state index contributed by atoms with van der Waals surface area (Å²) in [6, 6.07) is 6.83. The van der Waals surface area contributed by atoms with Crippen molar-refractivity contribution in [3.05, 3.63) is 62.6 Å². The monoisotopic (exact) mass is 329 g/mol. The molecule has 0 amide bonds. The number of halogens is 3. The lowest BCUT2D eigenvalue weighted by molar-refractivity contribution is -0.385. The maximum Gasteiger partial charge on any atom is 0.314 e. The maximum absolute atomic E-state index is 13.6. The normalized spacial score (nSPS) is 10.3. The molecule has 4 nitrogen and oxygen atoms in total. The standard InChI is InChI=1S/C12H6BrF2NO3/c13-8-6-7(14)4-5-11(8)19-12-9(15)2-1-3-10(12)16(17)18/h1-6H. The van der Waals surface area contributed by atoms with Gasteiger partial charge in [0.25, 0.3) is 0 Å². The summed E-state index contributed by atoms with van der Waals surface area (Å²) in [7, 11) is 0. The third-order valence-corrected chi connectivity index (χ3v) is 2.87. The van der Waals surface area contributed by atoms with Crippen LogP contribution in [0.3, 0.4) is 0 Å². The fourth-order valence-electron chi connectivity index (χ4n) is 1.41. The Balaban J connectivity index is 2.46. The first-order valence-electron chi connectivity index (χ1n) is 5.05. The van der Waals surface area contributed by atoms with Crippen LogP contribution in [0.5, 0.6) is 11.5 Å². The third-order valence-electron chi connectivity index (χ3n) is 2.25. The van der Waals surface area contributed by atoms with Crippen molar-refractivity contribution in [2.24, 2.45) is 0 Å². The highest BCUT2D eigenvalue weighted by Gasteiger charge is 2.21. The van der Waals surface area contributed by atoms with E-state index in [1.807, 2.05) is 0 Å². The van der Waals surface area contributed by atoms with E-state index in [-0.39, 0.29) is 10.2 Å². The molecule has 0 aromatic heterocycles. The lowest BCUT2D eigenvalue weighted by Gasteiger charge is -2.08. The van der Waals surface area contributed by atoms with Gasteiger partial charge in [-0.15, -0.1) is 0 Å². The topological polar surface area (TPSA) is 52.4 Å². The van der Waals surface area contributed by atoms with Crippen LogP contribution in [0.25, 0.3) is 0 Å². The molecule has 2 aromatic carbocycles. The van der Waals surface area contributed by atoms with E-state index in [0.29, 0.717) is 0 Å². The second-order valence-electron chi connectivity index (χ2n) is 3.52. The Morgan fingerprint density at radius 1 is 1.21 bits per heavy atom. The molecule has 0 saturated carbocycles. The van der Waals surface area contributed by atoms with Gasteiger partial charge in [0, 0.05) is 6.07 Å². The summed E-state index contributed by atoms with van der Waals surface area (Å²) in [5.41, 5.74) is -0.503. The van der Waals surface area contributed by atoms with E-state index in [1.54, 1.807) is 0 Å². The number of para-hydroxylation sites is 1. The van der Waals surface area contributed by atoms with Crippen LogP contribution in [-0.2, 0) is 0 Å². The zero-order chi connectivity index (χ0) is 14.0. The second-order valence-corrected chi connectivity index (χ2v) is 4.38. The average Bonchev–Trinajstić information content (AvgIpc) is 2.34. The van der Waals surface area contributed by atoms with Gasteiger partial charge < -0.3 is 4.74 Å². The van der Waals surface area contributed by atoms with E-state index < -0.39 is 28.0 Å². The van der Waals surface area contributed by atoms with E-state index >= 15 is 0 Å². The molecule has 0 heterocycles. The van der Waals surface area contributed by atoms with Gasteiger partial charge >= 0.3 is 5.69 Å². The first-order valence-corrected chi connectivity index (χ1v) is 5.84. The predicted octanol–water partition coefficient (Wildman–Crippen LogP) is 4.43. The first-order chi connectivity index (χ1) is 8.99. The summed E-state index contributed by atoms with van der Waals surface area (Å²) in [5.74, 6) is -1.82. The molecule has 0 N–H and O–H groups in total. The summed E-state index contributed by atoms with van der Waals surface area (Å²) in [4.78, 5) is 10.0.